The van der Waals surface area contributed by atoms with Gasteiger partial charge >= 0.3 is 0 Å². The smallest absolute Gasteiger partial charge is 0.232 e. The summed E-state index contributed by atoms with van der Waals surface area (Å²) < 4.78 is 0. The van der Waals surface area contributed by atoms with Crippen LogP contribution < -0.4 is 10.6 Å². The lowest BCUT2D eigenvalue weighted by atomic mass is 10.2. The molecule has 0 radical (unpaired) electrons. The Morgan fingerprint density at radius 1 is 1.42 bits per heavy atom. The molecule has 2 aromatic heterocycles. The van der Waals surface area contributed by atoms with Crippen molar-refractivity contribution in [2.45, 2.75) is 25.3 Å². The maximum Gasteiger partial charge on any atom is 0.232 e. The number of hydrogen-bond donors (Lipinski definition) is 2. The van der Waals surface area contributed by atoms with Crippen LogP contribution in [0.25, 0.3) is 0 Å². The number of pyridine rings is 1. The molecular formula is C14H16N4O. The maximum absolute atomic E-state index is 12.4. The molecule has 0 saturated heterocycles. The largest absolute Gasteiger partial charge is 0.397 e. The van der Waals surface area contributed by atoms with Crippen LogP contribution in [0.1, 0.15) is 18.4 Å². The molecule has 0 aliphatic heterocycles. The summed E-state index contributed by atoms with van der Waals surface area (Å²) in [5.41, 5.74) is 7.23. The molecule has 1 fully saturated rings. The number of carbonyl (C=O) groups is 1. The van der Waals surface area contributed by atoms with Crippen molar-refractivity contribution in [1.82, 2.24) is 9.97 Å². The number of nitrogens with zero attached hydrogens (tertiary/aromatic N) is 2. The van der Waals surface area contributed by atoms with Gasteiger partial charge in [-0.25, -0.2) is 4.98 Å². The zero-order valence-corrected chi connectivity index (χ0v) is 10.5. The lowest BCUT2D eigenvalue weighted by Gasteiger charge is -2.21. The number of H-pyrrole nitrogens is 1. The second-order valence-electron chi connectivity index (χ2n) is 4.84. The van der Waals surface area contributed by atoms with Crippen LogP contribution in [0.5, 0.6) is 0 Å². The minimum absolute atomic E-state index is 0.0828. The number of nitrogens with one attached hydrogen (secondary N) is 1. The second-order valence-corrected chi connectivity index (χ2v) is 4.84. The summed E-state index contributed by atoms with van der Waals surface area (Å²) in [6, 6.07) is 5.80. The third-order valence-electron chi connectivity index (χ3n) is 3.22. The molecule has 98 valence electrons. The van der Waals surface area contributed by atoms with E-state index < -0.39 is 0 Å². The third kappa shape index (κ3) is 2.59. The van der Waals surface area contributed by atoms with Gasteiger partial charge in [-0.15, -0.1) is 0 Å². The van der Waals surface area contributed by atoms with Gasteiger partial charge in [0.1, 0.15) is 5.82 Å². The second kappa shape index (κ2) is 4.76. The Labute approximate surface area is 111 Å². The third-order valence-corrected chi connectivity index (χ3v) is 3.22. The summed E-state index contributed by atoms with van der Waals surface area (Å²) in [6.45, 7) is 0. The predicted molar refractivity (Wildman–Crippen MR) is 73.7 cm³/mol. The van der Waals surface area contributed by atoms with Crippen molar-refractivity contribution in [3.05, 3.63) is 42.4 Å². The Morgan fingerprint density at radius 2 is 2.26 bits per heavy atom. The minimum Gasteiger partial charge on any atom is -0.397 e. The van der Waals surface area contributed by atoms with Gasteiger partial charge in [-0.1, -0.05) is 0 Å². The lowest BCUT2D eigenvalue weighted by Crippen LogP contribution is -2.34. The molecule has 19 heavy (non-hydrogen) atoms. The van der Waals surface area contributed by atoms with Gasteiger partial charge in [-0.2, -0.15) is 0 Å². The molecule has 0 bridgehead atoms. The lowest BCUT2D eigenvalue weighted by molar-refractivity contribution is -0.118. The van der Waals surface area contributed by atoms with Crippen molar-refractivity contribution < 1.29 is 4.79 Å². The van der Waals surface area contributed by atoms with Crippen molar-refractivity contribution in [2.75, 3.05) is 10.6 Å². The molecule has 0 unspecified atom stereocenters. The molecule has 0 atom stereocenters. The van der Waals surface area contributed by atoms with Crippen LogP contribution in [0.15, 0.2) is 36.8 Å². The summed E-state index contributed by atoms with van der Waals surface area (Å²) in [5, 5.41) is 0. The fraction of sp³-hybridized carbons (Fsp3) is 0.286. The van der Waals surface area contributed by atoms with E-state index >= 15 is 0 Å². The summed E-state index contributed by atoms with van der Waals surface area (Å²) >= 11 is 0. The van der Waals surface area contributed by atoms with Crippen LogP contribution in [-0.2, 0) is 11.2 Å². The summed E-state index contributed by atoms with van der Waals surface area (Å²) in [6.07, 6.45) is 7.75. The van der Waals surface area contributed by atoms with Gasteiger partial charge in [0.25, 0.3) is 0 Å². The van der Waals surface area contributed by atoms with Crippen LogP contribution in [-0.4, -0.2) is 21.9 Å². The van der Waals surface area contributed by atoms with E-state index in [1.807, 2.05) is 24.5 Å². The predicted octanol–water partition coefficient (Wildman–Crippen LogP) is 1.73. The van der Waals surface area contributed by atoms with Crippen LogP contribution in [0.3, 0.4) is 0 Å². The van der Waals surface area contributed by atoms with Crippen LogP contribution in [0.4, 0.5) is 11.5 Å². The highest BCUT2D eigenvalue weighted by atomic mass is 16.2. The van der Waals surface area contributed by atoms with E-state index in [1.165, 1.54) is 0 Å². The van der Waals surface area contributed by atoms with Gasteiger partial charge in [0.2, 0.25) is 5.91 Å². The van der Waals surface area contributed by atoms with Crippen LogP contribution in [0.2, 0.25) is 0 Å². The first-order chi connectivity index (χ1) is 9.24. The SMILES string of the molecule is Nc1ccc(N(C(=O)Cc2cc[nH]c2)C2CC2)nc1. The number of nitrogens with two attached hydrogens (primary N) is 1. The van der Waals surface area contributed by atoms with Gasteiger partial charge in [-0.05, 0) is 36.6 Å². The molecule has 1 aliphatic carbocycles. The molecule has 0 aromatic carbocycles. The quantitative estimate of drug-likeness (QED) is 0.874. The molecule has 3 rings (SSSR count). The maximum atomic E-state index is 12.4. The number of amides is 1. The number of anilines is 2. The normalized spacial score (nSPS) is 14.3. The summed E-state index contributed by atoms with van der Waals surface area (Å²) in [7, 11) is 0. The molecule has 2 heterocycles. The average Bonchev–Trinajstić information content (AvgIpc) is 3.09. The first-order valence-electron chi connectivity index (χ1n) is 6.39. The number of aromatic amines is 1. The first-order valence-corrected chi connectivity index (χ1v) is 6.39. The molecule has 3 N–H and O–H groups in total. The molecule has 5 heteroatoms. The van der Waals surface area contributed by atoms with Gasteiger partial charge in [0.15, 0.2) is 0 Å². The van der Waals surface area contributed by atoms with E-state index in [2.05, 4.69) is 9.97 Å². The average molecular weight is 256 g/mol. The molecule has 5 nitrogen and oxygen atoms in total. The fourth-order valence-corrected chi connectivity index (χ4v) is 2.12. The monoisotopic (exact) mass is 256 g/mol. The number of carbonyl (C=O) groups excluding carboxylic acids is 1. The zero-order valence-electron chi connectivity index (χ0n) is 10.5. The zero-order chi connectivity index (χ0) is 13.2. The van der Waals surface area contributed by atoms with E-state index in [9.17, 15) is 4.79 Å². The van der Waals surface area contributed by atoms with E-state index in [0.717, 1.165) is 18.4 Å². The summed E-state index contributed by atoms with van der Waals surface area (Å²) in [4.78, 5) is 21.4. The first kappa shape index (κ1) is 11.8. The minimum atomic E-state index is 0.0828. The molecule has 2 aromatic rings. The Bertz CT molecular complexity index is 558. The van der Waals surface area contributed by atoms with E-state index in [0.29, 0.717) is 24.0 Å². The highest BCUT2D eigenvalue weighted by Gasteiger charge is 2.34. The number of aromatic nitrogens is 2. The van der Waals surface area contributed by atoms with Crippen LogP contribution >= 0.6 is 0 Å². The van der Waals surface area contributed by atoms with Gasteiger partial charge in [0.05, 0.1) is 18.3 Å². The molecule has 0 spiro atoms. The Balaban J connectivity index is 1.80. The molecular weight excluding hydrogens is 240 g/mol. The van der Waals surface area contributed by atoms with Crippen LogP contribution in [0, 0.1) is 0 Å². The van der Waals surface area contributed by atoms with Gasteiger partial charge in [-0.3, -0.25) is 9.69 Å². The van der Waals surface area contributed by atoms with Crippen molar-refractivity contribution in [3.63, 3.8) is 0 Å². The number of rotatable bonds is 4. The van der Waals surface area contributed by atoms with Gasteiger partial charge in [0, 0.05) is 18.4 Å². The van der Waals surface area contributed by atoms with Crippen molar-refractivity contribution in [1.29, 1.82) is 0 Å². The van der Waals surface area contributed by atoms with Gasteiger partial charge < -0.3 is 10.7 Å². The van der Waals surface area contributed by atoms with E-state index in [1.54, 1.807) is 17.2 Å². The standard InChI is InChI=1S/C14H16N4O/c15-11-1-4-13(17-9-11)18(12-2-3-12)14(19)7-10-5-6-16-8-10/h1,4-6,8-9,12,16H,2-3,7,15H2. The molecule has 1 saturated carbocycles. The number of nitrogen functional groups attached to an aromatic ring is 1. The van der Waals surface area contributed by atoms with Crippen molar-refractivity contribution in [2.24, 2.45) is 0 Å². The highest BCUT2D eigenvalue weighted by Crippen LogP contribution is 2.31. The van der Waals surface area contributed by atoms with E-state index in [-0.39, 0.29) is 5.91 Å². The fourth-order valence-electron chi connectivity index (χ4n) is 2.12. The topological polar surface area (TPSA) is 75.0 Å². The van der Waals surface area contributed by atoms with Crippen molar-refractivity contribution in [3.8, 4) is 0 Å². The highest BCUT2D eigenvalue weighted by molar-refractivity contribution is 5.95. The number of hydrogen-bond acceptors (Lipinski definition) is 3. The Hall–Kier alpha value is -2.30. The van der Waals surface area contributed by atoms with Crippen molar-refractivity contribution >= 4 is 17.4 Å². The van der Waals surface area contributed by atoms with E-state index in [4.69, 9.17) is 5.73 Å². The molecule has 1 amide bonds. The summed E-state index contributed by atoms with van der Waals surface area (Å²) in [5.74, 6) is 0.775. The Morgan fingerprint density at radius 3 is 2.84 bits per heavy atom. The Kier molecular flexibility index (Phi) is 2.95. The molecule has 1 aliphatic rings.